The molecular formula is C16H18BrNO2. The third kappa shape index (κ3) is 3.25. The Labute approximate surface area is 127 Å². The summed E-state index contributed by atoms with van der Waals surface area (Å²) in [6, 6.07) is 11.7. The van der Waals surface area contributed by atoms with E-state index in [1.807, 2.05) is 50.4 Å². The first-order valence-corrected chi connectivity index (χ1v) is 7.13. The topological polar surface area (TPSA) is 32.7 Å². The lowest BCUT2D eigenvalue weighted by atomic mass is 10.1. The van der Waals surface area contributed by atoms with Gasteiger partial charge in [-0.05, 0) is 36.8 Å². The van der Waals surface area contributed by atoms with Crippen molar-refractivity contribution in [3.8, 4) is 11.5 Å². The van der Waals surface area contributed by atoms with E-state index in [4.69, 9.17) is 4.74 Å². The Balaban J connectivity index is 2.25. The maximum Gasteiger partial charge on any atom is 0.123 e. The first kappa shape index (κ1) is 14.7. The maximum atomic E-state index is 10.1. The summed E-state index contributed by atoms with van der Waals surface area (Å²) in [6.45, 7) is 2.52. The molecule has 0 aliphatic carbocycles. The SMILES string of the molecule is COc1cccc(N(C)Cc2cc(Br)cc(C)c2O)c1. The molecule has 4 heteroatoms. The second-order valence-corrected chi connectivity index (χ2v) is 5.70. The zero-order valence-electron chi connectivity index (χ0n) is 11.9. The van der Waals surface area contributed by atoms with Crippen LogP contribution >= 0.6 is 15.9 Å². The lowest BCUT2D eigenvalue weighted by Gasteiger charge is -2.21. The van der Waals surface area contributed by atoms with Gasteiger partial charge in [0.2, 0.25) is 0 Å². The molecular weight excluding hydrogens is 318 g/mol. The summed E-state index contributed by atoms with van der Waals surface area (Å²) in [5.74, 6) is 1.17. The Hall–Kier alpha value is -1.68. The zero-order valence-corrected chi connectivity index (χ0v) is 13.4. The minimum Gasteiger partial charge on any atom is -0.507 e. The molecule has 0 aliphatic rings. The summed E-state index contributed by atoms with van der Waals surface area (Å²) in [5, 5.41) is 10.1. The van der Waals surface area contributed by atoms with Gasteiger partial charge in [-0.3, -0.25) is 0 Å². The Morgan fingerprint density at radius 2 is 2.00 bits per heavy atom. The molecule has 0 spiro atoms. The Morgan fingerprint density at radius 1 is 1.25 bits per heavy atom. The monoisotopic (exact) mass is 335 g/mol. The van der Waals surface area contributed by atoms with Gasteiger partial charge in [-0.15, -0.1) is 0 Å². The van der Waals surface area contributed by atoms with Crippen LogP contribution in [0.15, 0.2) is 40.9 Å². The van der Waals surface area contributed by atoms with E-state index in [1.54, 1.807) is 7.11 Å². The van der Waals surface area contributed by atoms with Crippen molar-refractivity contribution in [3.05, 3.63) is 52.0 Å². The number of phenols is 1. The van der Waals surface area contributed by atoms with Gasteiger partial charge in [0.25, 0.3) is 0 Å². The van der Waals surface area contributed by atoms with Crippen LogP contribution in [0.1, 0.15) is 11.1 Å². The van der Waals surface area contributed by atoms with Crippen LogP contribution in [0.3, 0.4) is 0 Å². The van der Waals surface area contributed by atoms with E-state index >= 15 is 0 Å². The van der Waals surface area contributed by atoms with Gasteiger partial charge in [0.1, 0.15) is 11.5 Å². The molecule has 2 rings (SSSR count). The number of benzene rings is 2. The van der Waals surface area contributed by atoms with Crippen LogP contribution in [0.2, 0.25) is 0 Å². The summed E-state index contributed by atoms with van der Waals surface area (Å²) in [4.78, 5) is 2.07. The van der Waals surface area contributed by atoms with Gasteiger partial charge in [-0.2, -0.15) is 0 Å². The van der Waals surface area contributed by atoms with E-state index in [9.17, 15) is 5.11 Å². The van der Waals surface area contributed by atoms with Gasteiger partial charge in [-0.25, -0.2) is 0 Å². The smallest absolute Gasteiger partial charge is 0.123 e. The molecule has 2 aromatic carbocycles. The lowest BCUT2D eigenvalue weighted by molar-refractivity contribution is 0.415. The molecule has 0 aromatic heterocycles. The molecule has 0 aliphatic heterocycles. The number of hydrogen-bond donors (Lipinski definition) is 1. The highest BCUT2D eigenvalue weighted by Gasteiger charge is 2.10. The molecule has 0 heterocycles. The van der Waals surface area contributed by atoms with Crippen molar-refractivity contribution >= 4 is 21.6 Å². The number of hydrogen-bond acceptors (Lipinski definition) is 3. The first-order chi connectivity index (χ1) is 9.51. The molecule has 0 bridgehead atoms. The van der Waals surface area contributed by atoms with Crippen LogP contribution in [0.5, 0.6) is 11.5 Å². The Morgan fingerprint density at radius 3 is 2.70 bits per heavy atom. The van der Waals surface area contributed by atoms with Crippen molar-refractivity contribution in [2.24, 2.45) is 0 Å². The van der Waals surface area contributed by atoms with Crippen molar-refractivity contribution in [2.45, 2.75) is 13.5 Å². The average Bonchev–Trinajstić information content (AvgIpc) is 2.44. The van der Waals surface area contributed by atoms with E-state index < -0.39 is 0 Å². The lowest BCUT2D eigenvalue weighted by Crippen LogP contribution is -2.16. The maximum absolute atomic E-state index is 10.1. The quantitative estimate of drug-likeness (QED) is 0.912. The van der Waals surface area contributed by atoms with Crippen LogP contribution in [0.25, 0.3) is 0 Å². The number of rotatable bonds is 4. The fourth-order valence-corrected chi connectivity index (χ4v) is 2.74. The molecule has 0 radical (unpaired) electrons. The van der Waals surface area contributed by atoms with E-state index in [1.165, 1.54) is 0 Å². The number of phenolic OH excluding ortho intramolecular Hbond substituents is 1. The summed E-state index contributed by atoms with van der Waals surface area (Å²) in [5.41, 5.74) is 2.80. The molecule has 3 nitrogen and oxygen atoms in total. The van der Waals surface area contributed by atoms with Gasteiger partial charge in [0, 0.05) is 35.4 Å². The number of aromatic hydroxyl groups is 1. The molecule has 0 saturated carbocycles. The molecule has 0 atom stereocenters. The van der Waals surface area contributed by atoms with Crippen LogP contribution in [-0.4, -0.2) is 19.3 Å². The van der Waals surface area contributed by atoms with E-state index in [0.717, 1.165) is 27.0 Å². The highest BCUT2D eigenvalue weighted by molar-refractivity contribution is 9.10. The van der Waals surface area contributed by atoms with Gasteiger partial charge < -0.3 is 14.7 Å². The molecule has 20 heavy (non-hydrogen) atoms. The minimum atomic E-state index is 0.350. The van der Waals surface area contributed by atoms with Crippen molar-refractivity contribution < 1.29 is 9.84 Å². The number of anilines is 1. The van der Waals surface area contributed by atoms with Gasteiger partial charge >= 0.3 is 0 Å². The third-order valence-corrected chi connectivity index (χ3v) is 3.70. The van der Waals surface area contributed by atoms with Gasteiger partial charge in [-0.1, -0.05) is 22.0 Å². The molecule has 0 fully saturated rings. The third-order valence-electron chi connectivity index (χ3n) is 3.25. The second-order valence-electron chi connectivity index (χ2n) is 4.79. The Kier molecular flexibility index (Phi) is 4.55. The van der Waals surface area contributed by atoms with Crippen LogP contribution in [-0.2, 0) is 6.54 Å². The van der Waals surface area contributed by atoms with Gasteiger partial charge in [0.15, 0.2) is 0 Å². The number of aryl methyl sites for hydroxylation is 1. The van der Waals surface area contributed by atoms with E-state index in [0.29, 0.717) is 12.3 Å². The predicted octanol–water partition coefficient (Wildman–Crippen LogP) is 4.11. The highest BCUT2D eigenvalue weighted by atomic mass is 79.9. The molecule has 1 N–H and O–H groups in total. The second kappa shape index (κ2) is 6.18. The standard InChI is InChI=1S/C16H18BrNO2/c1-11-7-13(17)8-12(16(11)19)10-18(2)14-5-4-6-15(9-14)20-3/h4-9,19H,10H2,1-3H3. The molecule has 0 unspecified atom stereocenters. The zero-order chi connectivity index (χ0) is 14.7. The summed E-state index contributed by atoms with van der Waals surface area (Å²) >= 11 is 3.47. The van der Waals surface area contributed by atoms with Crippen molar-refractivity contribution in [3.63, 3.8) is 0 Å². The molecule has 0 amide bonds. The van der Waals surface area contributed by atoms with E-state index in [-0.39, 0.29) is 0 Å². The molecule has 0 saturated heterocycles. The summed E-state index contributed by atoms with van der Waals surface area (Å²) < 4.78 is 6.21. The number of halogens is 1. The molecule has 2 aromatic rings. The number of nitrogens with zero attached hydrogens (tertiary/aromatic N) is 1. The normalized spacial score (nSPS) is 10.4. The van der Waals surface area contributed by atoms with Crippen LogP contribution < -0.4 is 9.64 Å². The van der Waals surface area contributed by atoms with Crippen LogP contribution in [0.4, 0.5) is 5.69 Å². The average molecular weight is 336 g/mol. The minimum absolute atomic E-state index is 0.350. The largest absolute Gasteiger partial charge is 0.507 e. The Bertz CT molecular complexity index is 613. The van der Waals surface area contributed by atoms with E-state index in [2.05, 4.69) is 20.8 Å². The summed E-state index contributed by atoms with van der Waals surface area (Å²) in [7, 11) is 3.65. The van der Waals surface area contributed by atoms with Crippen molar-refractivity contribution in [1.82, 2.24) is 0 Å². The van der Waals surface area contributed by atoms with Crippen molar-refractivity contribution in [2.75, 3.05) is 19.1 Å². The highest BCUT2D eigenvalue weighted by Crippen LogP contribution is 2.29. The summed E-state index contributed by atoms with van der Waals surface area (Å²) in [6.07, 6.45) is 0. The van der Waals surface area contributed by atoms with Crippen molar-refractivity contribution in [1.29, 1.82) is 0 Å². The fourth-order valence-electron chi connectivity index (χ4n) is 2.12. The number of methoxy groups -OCH3 is 1. The number of ether oxygens (including phenoxy) is 1. The van der Waals surface area contributed by atoms with Crippen LogP contribution in [0, 0.1) is 6.92 Å². The first-order valence-electron chi connectivity index (χ1n) is 6.34. The van der Waals surface area contributed by atoms with Gasteiger partial charge in [0.05, 0.1) is 7.11 Å². The molecule has 106 valence electrons. The predicted molar refractivity (Wildman–Crippen MR) is 85.6 cm³/mol. The fraction of sp³-hybridized carbons (Fsp3) is 0.250.